The average Bonchev–Trinajstić information content (AvgIpc) is 2.14. The molecule has 3 nitrogen and oxygen atoms in total. The van der Waals surface area contributed by atoms with Crippen molar-refractivity contribution in [1.82, 2.24) is 0 Å². The first-order valence-corrected chi connectivity index (χ1v) is 5.45. The largest absolute Gasteiger partial charge is 0.478 e. The minimum Gasteiger partial charge on any atom is -0.478 e. The molecule has 0 atom stereocenters. The fraction of sp³-hybridized carbons (Fsp3) is 0.462. The Bertz CT molecular complexity index is 424. The van der Waals surface area contributed by atoms with E-state index in [1.807, 2.05) is 11.9 Å². The predicted molar refractivity (Wildman–Crippen MR) is 66.1 cm³/mol. The summed E-state index contributed by atoms with van der Waals surface area (Å²) in [5.41, 5.74) is 0.483. The normalized spacial score (nSPS) is 11.4. The van der Waals surface area contributed by atoms with Gasteiger partial charge in [-0.2, -0.15) is 0 Å². The molecule has 0 aromatic heterocycles. The lowest BCUT2D eigenvalue weighted by molar-refractivity contribution is 0.0692. The molecule has 0 spiro atoms. The van der Waals surface area contributed by atoms with Crippen molar-refractivity contribution in [2.24, 2.45) is 5.41 Å². The molecule has 0 aliphatic carbocycles. The Balaban J connectivity index is 2.94. The van der Waals surface area contributed by atoms with E-state index in [-0.39, 0.29) is 11.0 Å². The van der Waals surface area contributed by atoms with Crippen LogP contribution in [0.2, 0.25) is 0 Å². The van der Waals surface area contributed by atoms with Gasteiger partial charge in [0, 0.05) is 19.3 Å². The fourth-order valence-corrected chi connectivity index (χ4v) is 1.72. The summed E-state index contributed by atoms with van der Waals surface area (Å²) in [7, 11) is 1.86. The zero-order valence-electron chi connectivity index (χ0n) is 10.6. The summed E-state index contributed by atoms with van der Waals surface area (Å²) in [4.78, 5) is 12.6. The third-order valence-corrected chi connectivity index (χ3v) is 2.34. The molecular weight excluding hydrogens is 221 g/mol. The van der Waals surface area contributed by atoms with Crippen molar-refractivity contribution in [3.05, 3.63) is 29.6 Å². The molecule has 1 rings (SSSR count). The van der Waals surface area contributed by atoms with Crippen LogP contribution in [0, 0.1) is 11.2 Å². The highest BCUT2D eigenvalue weighted by molar-refractivity contribution is 5.88. The molecule has 0 saturated heterocycles. The molecule has 4 heteroatoms. The molecule has 1 aromatic rings. The Morgan fingerprint density at radius 1 is 1.41 bits per heavy atom. The summed E-state index contributed by atoms with van der Waals surface area (Å²) in [5, 5.41) is 8.73. The van der Waals surface area contributed by atoms with Crippen LogP contribution in [0.5, 0.6) is 0 Å². The molecular formula is C13H18FNO2. The van der Waals surface area contributed by atoms with Crippen molar-refractivity contribution in [3.63, 3.8) is 0 Å². The van der Waals surface area contributed by atoms with Crippen LogP contribution in [-0.2, 0) is 0 Å². The number of hydrogen-bond donors (Lipinski definition) is 1. The molecule has 0 bridgehead atoms. The summed E-state index contributed by atoms with van der Waals surface area (Å²) in [6, 6.07) is 4.18. The van der Waals surface area contributed by atoms with Crippen LogP contribution in [0.4, 0.5) is 10.1 Å². The minimum absolute atomic E-state index is 0.0939. The van der Waals surface area contributed by atoms with Gasteiger partial charge < -0.3 is 10.0 Å². The second-order valence-corrected chi connectivity index (χ2v) is 5.39. The summed E-state index contributed by atoms with van der Waals surface area (Å²) in [6.07, 6.45) is 0. The van der Waals surface area contributed by atoms with Crippen LogP contribution in [0.3, 0.4) is 0 Å². The average molecular weight is 239 g/mol. The highest BCUT2D eigenvalue weighted by atomic mass is 19.1. The number of anilines is 1. The van der Waals surface area contributed by atoms with E-state index in [2.05, 4.69) is 20.8 Å². The number of carbonyl (C=O) groups is 1. The number of rotatable bonds is 3. The van der Waals surface area contributed by atoms with E-state index in [4.69, 9.17) is 5.11 Å². The van der Waals surface area contributed by atoms with Gasteiger partial charge in [-0.1, -0.05) is 20.8 Å². The Morgan fingerprint density at radius 3 is 2.41 bits per heavy atom. The van der Waals surface area contributed by atoms with E-state index in [1.165, 1.54) is 12.1 Å². The Kier molecular flexibility index (Phi) is 3.76. The van der Waals surface area contributed by atoms with Crippen molar-refractivity contribution in [3.8, 4) is 0 Å². The van der Waals surface area contributed by atoms with E-state index >= 15 is 0 Å². The quantitative estimate of drug-likeness (QED) is 0.881. The number of carboxylic acid groups (broad SMARTS) is 1. The lowest BCUT2D eigenvalue weighted by atomic mass is 9.96. The highest BCUT2D eigenvalue weighted by Gasteiger charge is 2.16. The predicted octanol–water partition coefficient (Wildman–Crippen LogP) is 3.01. The second kappa shape index (κ2) is 4.73. The maximum absolute atomic E-state index is 13.5. The maximum atomic E-state index is 13.5. The lowest BCUT2D eigenvalue weighted by Gasteiger charge is -2.28. The molecule has 1 N–H and O–H groups in total. The Morgan fingerprint density at radius 2 is 2.00 bits per heavy atom. The zero-order valence-corrected chi connectivity index (χ0v) is 10.6. The molecule has 0 aliphatic rings. The van der Waals surface area contributed by atoms with Gasteiger partial charge in [0.25, 0.3) is 0 Å². The topological polar surface area (TPSA) is 40.5 Å². The SMILES string of the molecule is CN(CC(C)(C)C)c1ccc(C(=O)O)c(F)c1. The van der Waals surface area contributed by atoms with E-state index in [9.17, 15) is 9.18 Å². The molecule has 0 fully saturated rings. The summed E-state index contributed by atoms with van der Waals surface area (Å²) in [5.74, 6) is -1.94. The van der Waals surface area contributed by atoms with Gasteiger partial charge in [-0.3, -0.25) is 0 Å². The van der Waals surface area contributed by atoms with Gasteiger partial charge in [0.2, 0.25) is 0 Å². The van der Waals surface area contributed by atoms with Crippen molar-refractivity contribution in [1.29, 1.82) is 0 Å². The third kappa shape index (κ3) is 3.73. The molecule has 0 aliphatic heterocycles. The van der Waals surface area contributed by atoms with Gasteiger partial charge in [-0.25, -0.2) is 9.18 Å². The van der Waals surface area contributed by atoms with E-state index in [0.29, 0.717) is 5.69 Å². The van der Waals surface area contributed by atoms with Crippen LogP contribution in [-0.4, -0.2) is 24.7 Å². The van der Waals surface area contributed by atoms with Crippen molar-refractivity contribution in [2.75, 3.05) is 18.5 Å². The molecule has 0 amide bonds. The number of aromatic carboxylic acids is 1. The fourth-order valence-electron chi connectivity index (χ4n) is 1.72. The van der Waals surface area contributed by atoms with Crippen LogP contribution >= 0.6 is 0 Å². The van der Waals surface area contributed by atoms with Crippen molar-refractivity contribution in [2.45, 2.75) is 20.8 Å². The van der Waals surface area contributed by atoms with Crippen LogP contribution < -0.4 is 4.90 Å². The van der Waals surface area contributed by atoms with Crippen molar-refractivity contribution < 1.29 is 14.3 Å². The first-order valence-electron chi connectivity index (χ1n) is 5.45. The molecule has 0 unspecified atom stereocenters. The molecule has 0 saturated carbocycles. The first kappa shape index (κ1) is 13.5. The van der Waals surface area contributed by atoms with Crippen LogP contribution in [0.25, 0.3) is 0 Å². The summed E-state index contributed by atoms with van der Waals surface area (Å²) >= 11 is 0. The summed E-state index contributed by atoms with van der Waals surface area (Å²) in [6.45, 7) is 7.03. The Hall–Kier alpha value is -1.58. The molecule has 1 aromatic carbocycles. The van der Waals surface area contributed by atoms with E-state index in [1.54, 1.807) is 6.07 Å². The molecule has 17 heavy (non-hydrogen) atoms. The zero-order chi connectivity index (χ0) is 13.2. The number of halogens is 1. The second-order valence-electron chi connectivity index (χ2n) is 5.39. The maximum Gasteiger partial charge on any atom is 0.338 e. The minimum atomic E-state index is -1.24. The van der Waals surface area contributed by atoms with Gasteiger partial charge in [0.1, 0.15) is 5.82 Å². The van der Waals surface area contributed by atoms with Gasteiger partial charge in [-0.15, -0.1) is 0 Å². The lowest BCUT2D eigenvalue weighted by Crippen LogP contribution is -2.29. The van der Waals surface area contributed by atoms with Gasteiger partial charge in [0.15, 0.2) is 0 Å². The monoisotopic (exact) mass is 239 g/mol. The van der Waals surface area contributed by atoms with Crippen molar-refractivity contribution >= 4 is 11.7 Å². The van der Waals surface area contributed by atoms with E-state index in [0.717, 1.165) is 6.54 Å². The van der Waals surface area contributed by atoms with Crippen LogP contribution in [0.15, 0.2) is 18.2 Å². The van der Waals surface area contributed by atoms with Crippen LogP contribution in [0.1, 0.15) is 31.1 Å². The third-order valence-electron chi connectivity index (χ3n) is 2.34. The van der Waals surface area contributed by atoms with Gasteiger partial charge in [0.05, 0.1) is 5.56 Å². The number of hydrogen-bond acceptors (Lipinski definition) is 2. The standard InChI is InChI=1S/C13H18FNO2/c1-13(2,3)8-15(4)9-5-6-10(12(16)17)11(14)7-9/h5-7H,8H2,1-4H3,(H,16,17). The number of benzene rings is 1. The van der Waals surface area contributed by atoms with E-state index < -0.39 is 11.8 Å². The van der Waals surface area contributed by atoms with Gasteiger partial charge >= 0.3 is 5.97 Å². The first-order chi connectivity index (χ1) is 7.70. The Labute approximate surface area is 101 Å². The van der Waals surface area contributed by atoms with Gasteiger partial charge in [-0.05, 0) is 23.6 Å². The number of nitrogens with zero attached hydrogens (tertiary/aromatic N) is 1. The molecule has 0 heterocycles. The molecule has 94 valence electrons. The number of carboxylic acids is 1. The smallest absolute Gasteiger partial charge is 0.338 e. The highest BCUT2D eigenvalue weighted by Crippen LogP contribution is 2.22. The molecule has 0 radical (unpaired) electrons. The summed E-state index contributed by atoms with van der Waals surface area (Å²) < 4.78 is 13.5.